The van der Waals surface area contributed by atoms with Gasteiger partial charge in [0, 0.05) is 0 Å². The van der Waals surface area contributed by atoms with Gasteiger partial charge >= 0.3 is 6.18 Å². The maximum absolute atomic E-state index is 11.6. The van der Waals surface area contributed by atoms with Crippen molar-refractivity contribution >= 4 is 5.71 Å². The summed E-state index contributed by atoms with van der Waals surface area (Å²) >= 11 is 0. The molecule has 0 aromatic rings. The van der Waals surface area contributed by atoms with Crippen LogP contribution in [0.25, 0.3) is 0 Å². The van der Waals surface area contributed by atoms with Crippen molar-refractivity contribution in [2.75, 3.05) is 0 Å². The number of hydrogen-bond acceptors (Lipinski definition) is 3. The highest BCUT2D eigenvalue weighted by Gasteiger charge is 2.41. The van der Waals surface area contributed by atoms with Gasteiger partial charge in [-0.1, -0.05) is 12.1 Å². The third-order valence-electron chi connectivity index (χ3n) is 1.12. The van der Waals surface area contributed by atoms with Gasteiger partial charge in [-0.15, -0.1) is 0 Å². The second kappa shape index (κ2) is 3.56. The molecule has 0 aliphatic heterocycles. The van der Waals surface area contributed by atoms with Gasteiger partial charge in [-0.25, -0.2) is 0 Å². The number of oxime groups is 1. The summed E-state index contributed by atoms with van der Waals surface area (Å²) in [5.41, 5.74) is -0.683. The van der Waals surface area contributed by atoms with Gasteiger partial charge in [0.25, 0.3) is 0 Å². The average Bonchev–Trinajstić information content (AvgIpc) is 1.88. The molecule has 0 rings (SSSR count). The molecule has 0 spiro atoms. The van der Waals surface area contributed by atoms with Gasteiger partial charge in [0.1, 0.15) is 0 Å². The number of aliphatic hydroxyl groups excluding tert-OH is 1. The summed E-state index contributed by atoms with van der Waals surface area (Å²) in [5.74, 6) is 0. The topological polar surface area (TPSA) is 52.8 Å². The maximum atomic E-state index is 11.6. The molecule has 11 heavy (non-hydrogen) atoms. The van der Waals surface area contributed by atoms with Gasteiger partial charge < -0.3 is 10.3 Å². The van der Waals surface area contributed by atoms with Crippen molar-refractivity contribution in [3.05, 3.63) is 0 Å². The predicted molar refractivity (Wildman–Crippen MR) is 31.6 cm³/mol. The van der Waals surface area contributed by atoms with E-state index in [0.29, 0.717) is 0 Å². The first-order valence-corrected chi connectivity index (χ1v) is 2.89. The Morgan fingerprint density at radius 3 is 2.09 bits per heavy atom. The van der Waals surface area contributed by atoms with Crippen LogP contribution in [0, 0.1) is 0 Å². The first-order valence-electron chi connectivity index (χ1n) is 2.89. The smallest absolute Gasteiger partial charge is 0.411 e. The lowest BCUT2D eigenvalue weighted by Crippen LogP contribution is -2.36. The number of alkyl halides is 3. The Kier molecular flexibility index (Phi) is 3.31. The van der Waals surface area contributed by atoms with Crippen LogP contribution < -0.4 is 0 Å². The molecule has 1 atom stereocenters. The van der Waals surface area contributed by atoms with E-state index in [-0.39, 0.29) is 6.42 Å². The van der Waals surface area contributed by atoms with E-state index in [9.17, 15) is 13.2 Å². The standard InChI is InChI=1S/C5H8F3NO2/c1-2-3(9-11)4(10)5(6,7)8/h4,10-11H,2H2,1H3/b9-3+. The molecule has 0 saturated carbocycles. The minimum Gasteiger partial charge on any atom is -0.411 e. The number of aliphatic hydroxyl groups is 1. The van der Waals surface area contributed by atoms with Gasteiger partial charge in [-0.2, -0.15) is 13.2 Å². The van der Waals surface area contributed by atoms with Crippen LogP contribution >= 0.6 is 0 Å². The summed E-state index contributed by atoms with van der Waals surface area (Å²) in [6.45, 7) is 1.35. The van der Waals surface area contributed by atoms with Crippen LogP contribution in [0.3, 0.4) is 0 Å². The maximum Gasteiger partial charge on any atom is 0.419 e. The van der Waals surface area contributed by atoms with E-state index in [0.717, 1.165) is 0 Å². The number of halogens is 3. The van der Waals surface area contributed by atoms with E-state index in [2.05, 4.69) is 5.16 Å². The Bertz CT molecular complexity index is 154. The molecule has 0 fully saturated rings. The predicted octanol–water partition coefficient (Wildman–Crippen LogP) is 1.15. The van der Waals surface area contributed by atoms with Crippen LogP contribution in [-0.2, 0) is 0 Å². The SMILES string of the molecule is CC/C(=N\O)C(O)C(F)(F)F. The first-order chi connectivity index (χ1) is 4.93. The van der Waals surface area contributed by atoms with Crippen LogP contribution in [0.1, 0.15) is 13.3 Å². The highest BCUT2D eigenvalue weighted by molar-refractivity contribution is 5.88. The second-order valence-corrected chi connectivity index (χ2v) is 1.89. The molecule has 0 radical (unpaired) electrons. The molecule has 6 heteroatoms. The zero-order valence-electron chi connectivity index (χ0n) is 5.76. The quantitative estimate of drug-likeness (QED) is 0.372. The summed E-state index contributed by atoms with van der Waals surface area (Å²) in [4.78, 5) is 0. The molecular weight excluding hydrogens is 163 g/mol. The Balaban J connectivity index is 4.34. The molecule has 1 unspecified atom stereocenters. The van der Waals surface area contributed by atoms with Crippen LogP contribution in [0.2, 0.25) is 0 Å². The molecule has 0 heterocycles. The molecule has 2 N–H and O–H groups in total. The van der Waals surface area contributed by atoms with E-state index >= 15 is 0 Å². The summed E-state index contributed by atoms with van der Waals surface area (Å²) in [6, 6.07) is 0. The van der Waals surface area contributed by atoms with Crippen molar-refractivity contribution in [2.45, 2.75) is 25.6 Å². The fraction of sp³-hybridized carbons (Fsp3) is 0.800. The lowest BCUT2D eigenvalue weighted by molar-refractivity contribution is -0.181. The molecule has 0 aliphatic rings. The Morgan fingerprint density at radius 2 is 2.00 bits per heavy atom. The lowest BCUT2D eigenvalue weighted by Gasteiger charge is -2.13. The van der Waals surface area contributed by atoms with Crippen molar-refractivity contribution in [3.8, 4) is 0 Å². The van der Waals surface area contributed by atoms with Crippen LogP contribution in [0.15, 0.2) is 5.16 Å². The minimum absolute atomic E-state index is 0.142. The third kappa shape index (κ3) is 2.75. The average molecular weight is 171 g/mol. The minimum atomic E-state index is -4.75. The highest BCUT2D eigenvalue weighted by Crippen LogP contribution is 2.21. The molecule has 66 valence electrons. The Hall–Kier alpha value is -0.780. The molecule has 0 bridgehead atoms. The fourth-order valence-corrected chi connectivity index (χ4v) is 0.508. The molecule has 3 nitrogen and oxygen atoms in total. The van der Waals surface area contributed by atoms with Crippen LogP contribution in [-0.4, -0.2) is 28.3 Å². The largest absolute Gasteiger partial charge is 0.419 e. The van der Waals surface area contributed by atoms with Crippen molar-refractivity contribution in [2.24, 2.45) is 5.16 Å². The van der Waals surface area contributed by atoms with Crippen molar-refractivity contribution in [1.82, 2.24) is 0 Å². The molecule has 0 saturated heterocycles. The first kappa shape index (κ1) is 10.2. The van der Waals surface area contributed by atoms with Crippen molar-refractivity contribution in [3.63, 3.8) is 0 Å². The monoisotopic (exact) mass is 171 g/mol. The van der Waals surface area contributed by atoms with E-state index < -0.39 is 18.0 Å². The molecule has 0 aliphatic carbocycles. The number of rotatable bonds is 2. The third-order valence-corrected chi connectivity index (χ3v) is 1.12. The van der Waals surface area contributed by atoms with Crippen molar-refractivity contribution < 1.29 is 23.5 Å². The Morgan fingerprint density at radius 1 is 1.55 bits per heavy atom. The van der Waals surface area contributed by atoms with Crippen molar-refractivity contribution in [1.29, 1.82) is 0 Å². The van der Waals surface area contributed by atoms with Gasteiger partial charge in [-0.3, -0.25) is 0 Å². The van der Waals surface area contributed by atoms with E-state index in [4.69, 9.17) is 10.3 Å². The molecule has 0 aromatic heterocycles. The summed E-state index contributed by atoms with van der Waals surface area (Å²) in [6.07, 6.45) is -7.55. The highest BCUT2D eigenvalue weighted by atomic mass is 19.4. The molecule has 0 aromatic carbocycles. The van der Waals surface area contributed by atoms with Gasteiger partial charge in [-0.05, 0) is 6.42 Å². The van der Waals surface area contributed by atoms with Crippen LogP contribution in [0.4, 0.5) is 13.2 Å². The lowest BCUT2D eigenvalue weighted by atomic mass is 10.2. The van der Waals surface area contributed by atoms with Crippen LogP contribution in [0.5, 0.6) is 0 Å². The molecule has 0 amide bonds. The number of nitrogens with zero attached hydrogens (tertiary/aromatic N) is 1. The molecular formula is C5H8F3NO2. The summed E-state index contributed by atoms with van der Waals surface area (Å²) < 4.78 is 34.9. The normalized spacial score (nSPS) is 16.6. The zero-order chi connectivity index (χ0) is 9.07. The summed E-state index contributed by atoms with van der Waals surface area (Å²) in [5, 5.41) is 18.7. The van der Waals surface area contributed by atoms with E-state index in [1.165, 1.54) is 6.92 Å². The van der Waals surface area contributed by atoms with Gasteiger partial charge in [0.05, 0.1) is 5.71 Å². The fourth-order valence-electron chi connectivity index (χ4n) is 0.508. The Labute approximate surface area is 61.1 Å². The summed E-state index contributed by atoms with van der Waals surface area (Å²) in [7, 11) is 0. The zero-order valence-corrected chi connectivity index (χ0v) is 5.76. The number of hydrogen-bond donors (Lipinski definition) is 2. The second-order valence-electron chi connectivity index (χ2n) is 1.89. The van der Waals surface area contributed by atoms with Gasteiger partial charge in [0.2, 0.25) is 0 Å². The van der Waals surface area contributed by atoms with E-state index in [1.54, 1.807) is 0 Å². The van der Waals surface area contributed by atoms with E-state index in [1.807, 2.05) is 0 Å². The van der Waals surface area contributed by atoms with Gasteiger partial charge in [0.15, 0.2) is 6.10 Å².